The van der Waals surface area contributed by atoms with Gasteiger partial charge < -0.3 is 20.3 Å². The molecule has 0 aliphatic rings. The lowest BCUT2D eigenvalue weighted by Gasteiger charge is -2.08. The third-order valence-corrected chi connectivity index (χ3v) is 3.06. The lowest BCUT2D eigenvalue weighted by atomic mass is 10.2. The maximum absolute atomic E-state index is 12.0. The number of methoxy groups -OCH3 is 1. The van der Waals surface area contributed by atoms with Crippen molar-refractivity contribution < 1.29 is 19.7 Å². The number of hydrogen-bond acceptors (Lipinski definition) is 4. The molecule has 0 aliphatic carbocycles. The van der Waals surface area contributed by atoms with Gasteiger partial charge in [0, 0.05) is 21.8 Å². The molecule has 0 spiro atoms. The van der Waals surface area contributed by atoms with E-state index in [2.05, 4.69) is 21.2 Å². The number of carbonyl (C=O) groups is 1. The van der Waals surface area contributed by atoms with E-state index in [1.165, 1.54) is 25.3 Å². The van der Waals surface area contributed by atoms with Crippen molar-refractivity contribution in [1.29, 1.82) is 0 Å². The number of ether oxygens (including phenoxy) is 1. The van der Waals surface area contributed by atoms with Gasteiger partial charge in [0.25, 0.3) is 5.91 Å². The maximum Gasteiger partial charge on any atom is 0.255 e. The number of benzene rings is 2. The highest BCUT2D eigenvalue weighted by atomic mass is 79.9. The minimum Gasteiger partial charge on any atom is -0.504 e. The van der Waals surface area contributed by atoms with Crippen LogP contribution in [0.2, 0.25) is 0 Å². The second kappa shape index (κ2) is 5.83. The summed E-state index contributed by atoms with van der Waals surface area (Å²) in [6.45, 7) is 0. The standard InChI is InChI=1S/C14H12BrNO4/c1-20-11-6-9(15)5-10(7-11)16-14(19)8-2-3-12(17)13(18)4-8/h2-7,17-18H,1H3,(H,16,19). The van der Waals surface area contributed by atoms with Crippen LogP contribution in [0, 0.1) is 0 Å². The largest absolute Gasteiger partial charge is 0.504 e. The van der Waals surface area contributed by atoms with Crippen LogP contribution in [0.4, 0.5) is 5.69 Å². The van der Waals surface area contributed by atoms with E-state index in [9.17, 15) is 15.0 Å². The summed E-state index contributed by atoms with van der Waals surface area (Å²) in [5.74, 6) is -0.418. The summed E-state index contributed by atoms with van der Waals surface area (Å²) >= 11 is 3.32. The molecular weight excluding hydrogens is 326 g/mol. The first kappa shape index (κ1) is 14.2. The molecule has 6 heteroatoms. The molecule has 0 unspecified atom stereocenters. The number of halogens is 1. The van der Waals surface area contributed by atoms with E-state index in [1.54, 1.807) is 18.2 Å². The summed E-state index contributed by atoms with van der Waals surface area (Å²) in [4.78, 5) is 12.0. The third-order valence-electron chi connectivity index (χ3n) is 2.60. The van der Waals surface area contributed by atoms with Crippen LogP contribution in [0.15, 0.2) is 40.9 Å². The first-order valence-corrected chi connectivity index (χ1v) is 6.47. The zero-order chi connectivity index (χ0) is 14.7. The van der Waals surface area contributed by atoms with Crippen LogP contribution in [-0.2, 0) is 0 Å². The van der Waals surface area contributed by atoms with Crippen LogP contribution in [0.3, 0.4) is 0 Å². The van der Waals surface area contributed by atoms with E-state index in [4.69, 9.17) is 4.74 Å². The van der Waals surface area contributed by atoms with Crippen LogP contribution in [0.1, 0.15) is 10.4 Å². The number of phenolic OH excluding ortho intramolecular Hbond substituents is 2. The van der Waals surface area contributed by atoms with Crippen LogP contribution in [0.25, 0.3) is 0 Å². The van der Waals surface area contributed by atoms with E-state index in [-0.39, 0.29) is 17.1 Å². The van der Waals surface area contributed by atoms with Gasteiger partial charge in [0.05, 0.1) is 7.11 Å². The number of amides is 1. The summed E-state index contributed by atoms with van der Waals surface area (Å²) in [5.41, 5.74) is 0.785. The van der Waals surface area contributed by atoms with Crippen LogP contribution >= 0.6 is 15.9 Å². The molecule has 2 aromatic rings. The van der Waals surface area contributed by atoms with E-state index in [0.717, 1.165) is 4.47 Å². The van der Waals surface area contributed by atoms with Crippen molar-refractivity contribution in [2.75, 3.05) is 12.4 Å². The quantitative estimate of drug-likeness (QED) is 0.752. The van der Waals surface area contributed by atoms with E-state index in [0.29, 0.717) is 11.4 Å². The number of carbonyl (C=O) groups excluding carboxylic acids is 1. The summed E-state index contributed by atoms with van der Waals surface area (Å²) in [6.07, 6.45) is 0. The normalized spacial score (nSPS) is 10.1. The number of phenols is 2. The predicted octanol–water partition coefficient (Wildman–Crippen LogP) is 3.12. The van der Waals surface area contributed by atoms with Crippen molar-refractivity contribution in [2.45, 2.75) is 0 Å². The Balaban J connectivity index is 2.23. The average molecular weight is 338 g/mol. The molecule has 0 aliphatic heterocycles. The smallest absolute Gasteiger partial charge is 0.255 e. The summed E-state index contributed by atoms with van der Waals surface area (Å²) in [7, 11) is 1.53. The second-order valence-electron chi connectivity index (χ2n) is 4.04. The number of hydrogen-bond donors (Lipinski definition) is 3. The molecule has 0 bridgehead atoms. The Morgan fingerprint density at radius 2 is 1.90 bits per heavy atom. The van der Waals surface area contributed by atoms with Gasteiger partial charge in [-0.25, -0.2) is 0 Å². The molecular formula is C14H12BrNO4. The van der Waals surface area contributed by atoms with Crippen molar-refractivity contribution in [3.8, 4) is 17.2 Å². The highest BCUT2D eigenvalue weighted by molar-refractivity contribution is 9.10. The van der Waals surface area contributed by atoms with Crippen molar-refractivity contribution in [3.63, 3.8) is 0 Å². The van der Waals surface area contributed by atoms with Gasteiger partial charge in [0.1, 0.15) is 5.75 Å². The fourth-order valence-electron chi connectivity index (χ4n) is 1.62. The van der Waals surface area contributed by atoms with Crippen LogP contribution in [-0.4, -0.2) is 23.2 Å². The summed E-state index contributed by atoms with van der Waals surface area (Å²) in [6, 6.07) is 9.02. The molecule has 0 saturated carbocycles. The Bertz CT molecular complexity index is 658. The second-order valence-corrected chi connectivity index (χ2v) is 4.95. The van der Waals surface area contributed by atoms with Crippen LogP contribution < -0.4 is 10.1 Å². The van der Waals surface area contributed by atoms with Gasteiger partial charge in [0.15, 0.2) is 11.5 Å². The van der Waals surface area contributed by atoms with Crippen molar-refractivity contribution >= 4 is 27.5 Å². The Morgan fingerprint density at radius 3 is 2.55 bits per heavy atom. The molecule has 1 amide bonds. The van der Waals surface area contributed by atoms with Gasteiger partial charge in [-0.1, -0.05) is 15.9 Å². The minimum absolute atomic E-state index is 0.235. The molecule has 104 valence electrons. The van der Waals surface area contributed by atoms with E-state index >= 15 is 0 Å². The molecule has 0 atom stereocenters. The Morgan fingerprint density at radius 1 is 1.15 bits per heavy atom. The Kier molecular flexibility index (Phi) is 4.14. The first-order valence-electron chi connectivity index (χ1n) is 5.67. The van der Waals surface area contributed by atoms with Gasteiger partial charge in [-0.3, -0.25) is 4.79 Å². The molecule has 5 nitrogen and oxygen atoms in total. The van der Waals surface area contributed by atoms with Crippen molar-refractivity contribution in [3.05, 3.63) is 46.4 Å². The topological polar surface area (TPSA) is 78.8 Å². The fraction of sp³-hybridized carbons (Fsp3) is 0.0714. The minimum atomic E-state index is -0.402. The molecule has 2 aromatic carbocycles. The zero-order valence-electron chi connectivity index (χ0n) is 10.6. The van der Waals surface area contributed by atoms with Gasteiger partial charge in [-0.15, -0.1) is 0 Å². The third kappa shape index (κ3) is 3.21. The predicted molar refractivity (Wildman–Crippen MR) is 78.4 cm³/mol. The van der Waals surface area contributed by atoms with Crippen LogP contribution in [0.5, 0.6) is 17.2 Å². The molecule has 0 fully saturated rings. The van der Waals surface area contributed by atoms with Gasteiger partial charge in [0.2, 0.25) is 0 Å². The van der Waals surface area contributed by atoms with Gasteiger partial charge in [-0.2, -0.15) is 0 Å². The van der Waals surface area contributed by atoms with E-state index < -0.39 is 5.91 Å². The zero-order valence-corrected chi connectivity index (χ0v) is 12.1. The molecule has 20 heavy (non-hydrogen) atoms. The van der Waals surface area contributed by atoms with Gasteiger partial charge in [-0.05, 0) is 30.3 Å². The number of aromatic hydroxyl groups is 2. The number of nitrogens with one attached hydrogen (secondary N) is 1. The molecule has 0 saturated heterocycles. The molecule has 3 N–H and O–H groups in total. The first-order chi connectivity index (χ1) is 9.49. The maximum atomic E-state index is 12.0. The highest BCUT2D eigenvalue weighted by Crippen LogP contribution is 2.27. The summed E-state index contributed by atoms with van der Waals surface area (Å²) in [5, 5.41) is 21.3. The Hall–Kier alpha value is -2.21. The van der Waals surface area contributed by atoms with E-state index in [1.807, 2.05) is 0 Å². The molecule has 2 rings (SSSR count). The number of rotatable bonds is 3. The molecule has 0 aromatic heterocycles. The monoisotopic (exact) mass is 337 g/mol. The van der Waals surface area contributed by atoms with Crippen molar-refractivity contribution in [2.24, 2.45) is 0 Å². The average Bonchev–Trinajstić information content (AvgIpc) is 2.41. The Labute approximate surface area is 123 Å². The lowest BCUT2D eigenvalue weighted by Crippen LogP contribution is -2.11. The van der Waals surface area contributed by atoms with Crippen molar-refractivity contribution in [1.82, 2.24) is 0 Å². The highest BCUT2D eigenvalue weighted by Gasteiger charge is 2.10. The summed E-state index contributed by atoms with van der Waals surface area (Å²) < 4.78 is 5.87. The molecule has 0 heterocycles. The number of anilines is 1. The SMILES string of the molecule is COc1cc(Br)cc(NC(=O)c2ccc(O)c(O)c2)c1. The van der Waals surface area contributed by atoms with Gasteiger partial charge >= 0.3 is 0 Å². The fourth-order valence-corrected chi connectivity index (χ4v) is 2.09. The molecule has 0 radical (unpaired) electrons. The lowest BCUT2D eigenvalue weighted by molar-refractivity contribution is 0.102.